The second kappa shape index (κ2) is 5.10. The summed E-state index contributed by atoms with van der Waals surface area (Å²) in [7, 11) is 2.11. The van der Waals surface area contributed by atoms with E-state index in [1.807, 2.05) is 0 Å². The van der Waals surface area contributed by atoms with E-state index in [-0.39, 0.29) is 6.04 Å². The third-order valence-corrected chi connectivity index (χ3v) is 4.02. The number of hydrogen-bond donors (Lipinski definition) is 1. The number of aromatic nitrogens is 2. The molecule has 1 aliphatic heterocycles. The standard InChI is InChI=1S/C14H18F2N4/c1-9(20-5-3-19(2)4-6-20)14-17-12-7-10(15)11(16)8-13(12)18-14/h7-9H,3-6H2,1-2H3,(H,17,18). The number of piperazine rings is 1. The van der Waals surface area contributed by atoms with Gasteiger partial charge in [0.1, 0.15) is 5.82 Å². The van der Waals surface area contributed by atoms with Crippen LogP contribution in [0.3, 0.4) is 0 Å². The Morgan fingerprint density at radius 2 is 1.80 bits per heavy atom. The maximum absolute atomic E-state index is 13.2. The Labute approximate surface area is 116 Å². The van der Waals surface area contributed by atoms with E-state index in [2.05, 4.69) is 33.7 Å². The van der Waals surface area contributed by atoms with E-state index in [1.165, 1.54) is 0 Å². The molecule has 1 N–H and O–H groups in total. The van der Waals surface area contributed by atoms with Crippen LogP contribution in [0.25, 0.3) is 11.0 Å². The van der Waals surface area contributed by atoms with E-state index in [9.17, 15) is 8.78 Å². The zero-order valence-corrected chi connectivity index (χ0v) is 11.7. The van der Waals surface area contributed by atoms with Crippen molar-refractivity contribution in [1.29, 1.82) is 0 Å². The van der Waals surface area contributed by atoms with E-state index in [1.54, 1.807) is 0 Å². The molecule has 0 amide bonds. The number of rotatable bonds is 2. The topological polar surface area (TPSA) is 35.2 Å². The van der Waals surface area contributed by atoms with Gasteiger partial charge in [0.2, 0.25) is 0 Å². The molecule has 1 atom stereocenters. The molecule has 3 rings (SSSR count). The molecule has 6 heteroatoms. The molecule has 1 unspecified atom stereocenters. The number of fused-ring (bicyclic) bond motifs is 1. The maximum Gasteiger partial charge on any atom is 0.161 e. The first-order valence-electron chi connectivity index (χ1n) is 6.82. The van der Waals surface area contributed by atoms with Crippen LogP contribution in [0.4, 0.5) is 8.78 Å². The highest BCUT2D eigenvalue weighted by atomic mass is 19.2. The summed E-state index contributed by atoms with van der Waals surface area (Å²) in [5.41, 5.74) is 1.01. The zero-order chi connectivity index (χ0) is 14.3. The monoisotopic (exact) mass is 280 g/mol. The lowest BCUT2D eigenvalue weighted by Crippen LogP contribution is -2.45. The zero-order valence-electron chi connectivity index (χ0n) is 11.7. The van der Waals surface area contributed by atoms with E-state index < -0.39 is 11.6 Å². The average molecular weight is 280 g/mol. The van der Waals surface area contributed by atoms with Gasteiger partial charge in [-0.3, -0.25) is 4.90 Å². The summed E-state index contributed by atoms with van der Waals surface area (Å²) >= 11 is 0. The van der Waals surface area contributed by atoms with Gasteiger partial charge in [-0.2, -0.15) is 0 Å². The summed E-state index contributed by atoms with van der Waals surface area (Å²) in [4.78, 5) is 12.1. The van der Waals surface area contributed by atoms with Crippen LogP contribution in [0, 0.1) is 11.6 Å². The fraction of sp³-hybridized carbons (Fsp3) is 0.500. The van der Waals surface area contributed by atoms with Crippen LogP contribution in [-0.4, -0.2) is 53.0 Å². The molecule has 0 spiro atoms. The van der Waals surface area contributed by atoms with Gasteiger partial charge in [0, 0.05) is 38.3 Å². The largest absolute Gasteiger partial charge is 0.341 e. The van der Waals surface area contributed by atoms with Crippen LogP contribution < -0.4 is 0 Å². The molecular weight excluding hydrogens is 262 g/mol. The van der Waals surface area contributed by atoms with Crippen molar-refractivity contribution in [2.24, 2.45) is 0 Å². The number of H-pyrrole nitrogens is 1. The summed E-state index contributed by atoms with van der Waals surface area (Å²) < 4.78 is 26.4. The molecule has 20 heavy (non-hydrogen) atoms. The van der Waals surface area contributed by atoms with Gasteiger partial charge in [0.05, 0.1) is 17.1 Å². The predicted molar refractivity (Wildman–Crippen MR) is 73.5 cm³/mol. The summed E-state index contributed by atoms with van der Waals surface area (Å²) in [6.07, 6.45) is 0. The SMILES string of the molecule is CC(c1nc2cc(F)c(F)cc2[nH]1)N1CCN(C)CC1. The highest BCUT2D eigenvalue weighted by Gasteiger charge is 2.22. The highest BCUT2D eigenvalue weighted by Crippen LogP contribution is 2.23. The number of benzene rings is 1. The van der Waals surface area contributed by atoms with Crippen molar-refractivity contribution >= 4 is 11.0 Å². The minimum Gasteiger partial charge on any atom is -0.341 e. The number of nitrogens with one attached hydrogen (secondary N) is 1. The van der Waals surface area contributed by atoms with E-state index >= 15 is 0 Å². The highest BCUT2D eigenvalue weighted by molar-refractivity contribution is 5.75. The first-order chi connectivity index (χ1) is 9.54. The first kappa shape index (κ1) is 13.5. The van der Waals surface area contributed by atoms with Crippen molar-refractivity contribution < 1.29 is 8.78 Å². The molecule has 108 valence electrons. The van der Waals surface area contributed by atoms with Gasteiger partial charge >= 0.3 is 0 Å². The van der Waals surface area contributed by atoms with Crippen LogP contribution in [0.1, 0.15) is 18.8 Å². The van der Waals surface area contributed by atoms with Crippen LogP contribution in [0.15, 0.2) is 12.1 Å². The molecule has 1 aromatic heterocycles. The van der Waals surface area contributed by atoms with Crippen molar-refractivity contribution in [3.8, 4) is 0 Å². The second-order valence-electron chi connectivity index (χ2n) is 5.42. The molecule has 1 aromatic carbocycles. The molecule has 0 bridgehead atoms. The summed E-state index contributed by atoms with van der Waals surface area (Å²) in [6, 6.07) is 2.42. The lowest BCUT2D eigenvalue weighted by atomic mass is 10.2. The Hall–Kier alpha value is -1.53. The smallest absolute Gasteiger partial charge is 0.161 e. The third-order valence-electron chi connectivity index (χ3n) is 4.02. The first-order valence-corrected chi connectivity index (χ1v) is 6.82. The summed E-state index contributed by atoms with van der Waals surface area (Å²) in [5.74, 6) is -0.947. The van der Waals surface area contributed by atoms with Gasteiger partial charge in [-0.05, 0) is 14.0 Å². The second-order valence-corrected chi connectivity index (χ2v) is 5.42. The quantitative estimate of drug-likeness (QED) is 0.915. The molecule has 0 saturated carbocycles. The molecule has 2 heterocycles. The van der Waals surface area contributed by atoms with Crippen LogP contribution in [-0.2, 0) is 0 Å². The summed E-state index contributed by atoms with van der Waals surface area (Å²) in [5, 5.41) is 0. The minimum atomic E-state index is -0.859. The Morgan fingerprint density at radius 1 is 1.15 bits per heavy atom. The van der Waals surface area contributed by atoms with Crippen molar-refractivity contribution in [1.82, 2.24) is 19.8 Å². The van der Waals surface area contributed by atoms with Gasteiger partial charge in [0.25, 0.3) is 0 Å². The van der Waals surface area contributed by atoms with E-state index in [0.717, 1.165) is 44.1 Å². The number of imidazole rings is 1. The van der Waals surface area contributed by atoms with Crippen molar-refractivity contribution in [2.75, 3.05) is 33.2 Å². The van der Waals surface area contributed by atoms with Crippen LogP contribution in [0.2, 0.25) is 0 Å². The number of hydrogen-bond acceptors (Lipinski definition) is 3. The minimum absolute atomic E-state index is 0.113. The lowest BCUT2D eigenvalue weighted by molar-refractivity contribution is 0.116. The summed E-state index contributed by atoms with van der Waals surface area (Å²) in [6.45, 7) is 6.05. The molecular formula is C14H18F2N4. The Balaban J connectivity index is 1.86. The number of halogens is 2. The van der Waals surface area contributed by atoms with Crippen molar-refractivity contribution in [3.63, 3.8) is 0 Å². The Bertz CT molecular complexity index is 578. The van der Waals surface area contributed by atoms with Crippen molar-refractivity contribution in [2.45, 2.75) is 13.0 Å². The number of nitrogens with zero attached hydrogens (tertiary/aromatic N) is 3. The molecule has 1 aliphatic rings. The molecule has 0 radical (unpaired) electrons. The molecule has 1 fully saturated rings. The van der Waals surface area contributed by atoms with Crippen LogP contribution in [0.5, 0.6) is 0 Å². The molecule has 2 aromatic rings. The van der Waals surface area contributed by atoms with Gasteiger partial charge < -0.3 is 9.88 Å². The van der Waals surface area contributed by atoms with Gasteiger partial charge in [-0.25, -0.2) is 13.8 Å². The Morgan fingerprint density at radius 3 is 2.50 bits per heavy atom. The normalized spacial score (nSPS) is 19.6. The fourth-order valence-corrected chi connectivity index (χ4v) is 2.60. The number of likely N-dealkylation sites (N-methyl/N-ethyl adjacent to an activating group) is 1. The Kier molecular flexibility index (Phi) is 3.43. The number of aromatic amines is 1. The maximum atomic E-state index is 13.2. The lowest BCUT2D eigenvalue weighted by Gasteiger charge is -2.35. The molecule has 0 aliphatic carbocycles. The van der Waals surface area contributed by atoms with E-state index in [4.69, 9.17) is 0 Å². The predicted octanol–water partition coefficient (Wildman–Crippen LogP) is 2.15. The van der Waals surface area contributed by atoms with Gasteiger partial charge in [-0.15, -0.1) is 0 Å². The third kappa shape index (κ3) is 2.41. The molecule has 4 nitrogen and oxygen atoms in total. The van der Waals surface area contributed by atoms with Gasteiger partial charge in [0.15, 0.2) is 11.6 Å². The van der Waals surface area contributed by atoms with E-state index in [0.29, 0.717) is 11.0 Å². The fourth-order valence-electron chi connectivity index (χ4n) is 2.60. The van der Waals surface area contributed by atoms with Gasteiger partial charge in [-0.1, -0.05) is 0 Å². The molecule has 1 saturated heterocycles. The average Bonchev–Trinajstić information content (AvgIpc) is 2.82. The van der Waals surface area contributed by atoms with Crippen molar-refractivity contribution in [3.05, 3.63) is 29.6 Å². The van der Waals surface area contributed by atoms with Crippen LogP contribution >= 0.6 is 0 Å².